The lowest BCUT2D eigenvalue weighted by Crippen LogP contribution is -2.31. The summed E-state index contributed by atoms with van der Waals surface area (Å²) < 4.78 is 5.83. The van der Waals surface area contributed by atoms with Gasteiger partial charge in [-0.05, 0) is 18.6 Å². The maximum Gasteiger partial charge on any atom is 0.217 e. The van der Waals surface area contributed by atoms with Gasteiger partial charge in [-0.1, -0.05) is 42.5 Å². The van der Waals surface area contributed by atoms with E-state index in [-0.39, 0.29) is 0 Å². The highest BCUT2D eigenvalue weighted by Crippen LogP contribution is 2.44. The van der Waals surface area contributed by atoms with Crippen molar-refractivity contribution in [3.05, 3.63) is 54.1 Å². The Bertz CT molecular complexity index is 627. The van der Waals surface area contributed by atoms with Crippen LogP contribution in [0.1, 0.15) is 12.5 Å². The zero-order valence-corrected chi connectivity index (χ0v) is 9.47. The van der Waals surface area contributed by atoms with Gasteiger partial charge >= 0.3 is 0 Å². The van der Waals surface area contributed by atoms with Gasteiger partial charge in [0.2, 0.25) is 5.60 Å². The number of nitrogens with zero attached hydrogens (tertiary/aromatic N) is 1. The van der Waals surface area contributed by atoms with Crippen LogP contribution in [0.2, 0.25) is 0 Å². The van der Waals surface area contributed by atoms with Crippen molar-refractivity contribution >= 4 is 0 Å². The third-order valence-electron chi connectivity index (χ3n) is 3.15. The van der Waals surface area contributed by atoms with Crippen LogP contribution in [0.15, 0.2) is 48.5 Å². The normalized spacial score (nSPS) is 20.7. The van der Waals surface area contributed by atoms with E-state index in [1.165, 1.54) is 0 Å². The highest BCUT2D eigenvalue weighted by molar-refractivity contribution is 5.77. The fourth-order valence-corrected chi connectivity index (χ4v) is 2.27. The molecule has 2 aromatic carbocycles. The van der Waals surface area contributed by atoms with E-state index in [0.29, 0.717) is 0 Å². The molecule has 3 rings (SSSR count). The summed E-state index contributed by atoms with van der Waals surface area (Å²) in [6.45, 7) is 1.81. The molecule has 0 N–H and O–H groups in total. The average molecular weight is 221 g/mol. The second-order valence-electron chi connectivity index (χ2n) is 4.29. The quantitative estimate of drug-likeness (QED) is 0.682. The predicted molar refractivity (Wildman–Crippen MR) is 65.5 cm³/mol. The van der Waals surface area contributed by atoms with E-state index in [1.807, 2.05) is 55.5 Å². The van der Waals surface area contributed by atoms with E-state index in [1.54, 1.807) is 0 Å². The summed E-state index contributed by atoms with van der Waals surface area (Å²) in [6.07, 6.45) is 0. The maximum atomic E-state index is 9.35. The molecule has 1 heterocycles. The van der Waals surface area contributed by atoms with Crippen LogP contribution in [-0.4, -0.2) is 0 Å². The van der Waals surface area contributed by atoms with Gasteiger partial charge < -0.3 is 4.74 Å². The SMILES string of the molecule is CC1(C#N)Oc2ccccc2-c2ccccc21. The van der Waals surface area contributed by atoms with Crippen LogP contribution in [0, 0.1) is 11.3 Å². The molecule has 0 saturated heterocycles. The fourth-order valence-electron chi connectivity index (χ4n) is 2.27. The van der Waals surface area contributed by atoms with Gasteiger partial charge in [0, 0.05) is 11.1 Å². The number of benzene rings is 2. The Morgan fingerprint density at radius 2 is 1.65 bits per heavy atom. The van der Waals surface area contributed by atoms with Crippen LogP contribution < -0.4 is 4.74 Å². The highest BCUT2D eigenvalue weighted by Gasteiger charge is 2.36. The van der Waals surface area contributed by atoms with Crippen LogP contribution in [-0.2, 0) is 5.60 Å². The number of para-hydroxylation sites is 1. The zero-order chi connectivity index (χ0) is 11.9. The standard InChI is InChI=1S/C15H11NO/c1-15(10-16)13-8-4-2-6-11(13)12-7-3-5-9-14(12)17-15/h2-9H,1H3. The molecule has 82 valence electrons. The van der Waals surface area contributed by atoms with Crippen molar-refractivity contribution in [3.63, 3.8) is 0 Å². The summed E-state index contributed by atoms with van der Waals surface area (Å²) in [5.74, 6) is 0.773. The Morgan fingerprint density at radius 1 is 1.00 bits per heavy atom. The molecule has 0 aliphatic carbocycles. The predicted octanol–water partition coefficient (Wildman–Crippen LogP) is 3.48. The molecule has 2 heteroatoms. The van der Waals surface area contributed by atoms with Gasteiger partial charge in [-0.15, -0.1) is 0 Å². The van der Waals surface area contributed by atoms with Gasteiger partial charge in [0.05, 0.1) is 0 Å². The Kier molecular flexibility index (Phi) is 1.96. The van der Waals surface area contributed by atoms with E-state index in [0.717, 1.165) is 22.4 Å². The molecule has 2 nitrogen and oxygen atoms in total. The second kappa shape index (κ2) is 3.36. The van der Waals surface area contributed by atoms with Crippen LogP contribution >= 0.6 is 0 Å². The van der Waals surface area contributed by atoms with E-state index in [9.17, 15) is 5.26 Å². The fraction of sp³-hybridized carbons (Fsp3) is 0.133. The van der Waals surface area contributed by atoms with Crippen molar-refractivity contribution in [2.45, 2.75) is 12.5 Å². The highest BCUT2D eigenvalue weighted by atomic mass is 16.5. The van der Waals surface area contributed by atoms with Gasteiger partial charge in [0.15, 0.2) is 0 Å². The minimum atomic E-state index is -0.898. The summed E-state index contributed by atoms with van der Waals surface area (Å²) in [5.41, 5.74) is 2.17. The van der Waals surface area contributed by atoms with Crippen LogP contribution in [0.4, 0.5) is 0 Å². The third-order valence-corrected chi connectivity index (χ3v) is 3.15. The first-order valence-electron chi connectivity index (χ1n) is 5.54. The molecule has 1 aliphatic rings. The minimum absolute atomic E-state index is 0.773. The molecule has 0 saturated carbocycles. The van der Waals surface area contributed by atoms with Crippen LogP contribution in [0.5, 0.6) is 5.75 Å². The van der Waals surface area contributed by atoms with Crippen molar-refractivity contribution in [2.24, 2.45) is 0 Å². The van der Waals surface area contributed by atoms with Gasteiger partial charge in [-0.2, -0.15) is 5.26 Å². The summed E-state index contributed by atoms with van der Waals surface area (Å²) in [4.78, 5) is 0. The van der Waals surface area contributed by atoms with Crippen molar-refractivity contribution in [1.82, 2.24) is 0 Å². The van der Waals surface area contributed by atoms with Gasteiger partial charge in [0.1, 0.15) is 11.8 Å². The molecule has 1 aliphatic heterocycles. The Hall–Kier alpha value is -2.27. The van der Waals surface area contributed by atoms with Gasteiger partial charge in [-0.25, -0.2) is 0 Å². The molecule has 0 amide bonds. The Morgan fingerprint density at radius 3 is 2.41 bits per heavy atom. The Balaban J connectivity index is 2.35. The van der Waals surface area contributed by atoms with E-state index >= 15 is 0 Å². The topological polar surface area (TPSA) is 33.0 Å². The van der Waals surface area contributed by atoms with Crippen LogP contribution in [0.3, 0.4) is 0 Å². The minimum Gasteiger partial charge on any atom is -0.468 e. The number of rotatable bonds is 0. The lowest BCUT2D eigenvalue weighted by Gasteiger charge is -2.32. The first-order chi connectivity index (χ1) is 8.24. The molecule has 0 aromatic heterocycles. The van der Waals surface area contributed by atoms with E-state index in [4.69, 9.17) is 4.74 Å². The molecule has 0 spiro atoms. The summed E-state index contributed by atoms with van der Waals surface area (Å²) in [7, 11) is 0. The number of hydrogen-bond donors (Lipinski definition) is 0. The largest absolute Gasteiger partial charge is 0.468 e. The Labute approximate surface area is 100 Å². The van der Waals surface area contributed by atoms with Crippen molar-refractivity contribution in [1.29, 1.82) is 5.26 Å². The molecule has 0 bridgehead atoms. The summed E-state index contributed by atoms with van der Waals surface area (Å²) >= 11 is 0. The number of ether oxygens (including phenoxy) is 1. The molecular weight excluding hydrogens is 210 g/mol. The lowest BCUT2D eigenvalue weighted by atomic mass is 9.86. The monoisotopic (exact) mass is 221 g/mol. The summed E-state index contributed by atoms with van der Waals surface area (Å²) in [5, 5.41) is 9.35. The molecule has 1 atom stereocenters. The second-order valence-corrected chi connectivity index (χ2v) is 4.29. The number of nitriles is 1. The zero-order valence-electron chi connectivity index (χ0n) is 9.47. The summed E-state index contributed by atoms with van der Waals surface area (Å²) in [6, 6.07) is 18.0. The smallest absolute Gasteiger partial charge is 0.217 e. The molecule has 2 aromatic rings. The molecular formula is C15H11NO. The first kappa shape index (κ1) is 9.92. The van der Waals surface area contributed by atoms with Crippen LogP contribution in [0.25, 0.3) is 11.1 Å². The third kappa shape index (κ3) is 1.33. The lowest BCUT2D eigenvalue weighted by molar-refractivity contribution is 0.146. The van der Waals surface area contributed by atoms with Crippen molar-refractivity contribution in [2.75, 3.05) is 0 Å². The van der Waals surface area contributed by atoms with E-state index < -0.39 is 5.60 Å². The molecule has 17 heavy (non-hydrogen) atoms. The van der Waals surface area contributed by atoms with Gasteiger partial charge in [0.25, 0.3) is 0 Å². The molecule has 0 fully saturated rings. The van der Waals surface area contributed by atoms with Crippen molar-refractivity contribution in [3.8, 4) is 22.9 Å². The molecule has 1 unspecified atom stereocenters. The molecule has 0 radical (unpaired) electrons. The maximum absolute atomic E-state index is 9.35. The van der Waals surface area contributed by atoms with Gasteiger partial charge in [-0.3, -0.25) is 0 Å². The van der Waals surface area contributed by atoms with Crippen molar-refractivity contribution < 1.29 is 4.74 Å². The van der Waals surface area contributed by atoms with E-state index in [2.05, 4.69) is 6.07 Å². The number of hydrogen-bond acceptors (Lipinski definition) is 2. The first-order valence-corrected chi connectivity index (χ1v) is 5.54. The average Bonchev–Trinajstić information content (AvgIpc) is 2.39. The number of fused-ring (bicyclic) bond motifs is 3.